The second-order valence-corrected chi connectivity index (χ2v) is 4.87. The van der Waals surface area contributed by atoms with Crippen molar-refractivity contribution in [3.63, 3.8) is 0 Å². The molecule has 0 aliphatic heterocycles. The Bertz CT molecular complexity index is 601. The second kappa shape index (κ2) is 6.01. The predicted octanol–water partition coefficient (Wildman–Crippen LogP) is 4.08. The first-order valence-electron chi connectivity index (χ1n) is 6.47. The Morgan fingerprint density at radius 3 is 2.40 bits per heavy atom. The van der Waals surface area contributed by atoms with E-state index in [1.807, 2.05) is 19.9 Å². The lowest BCUT2D eigenvalue weighted by Gasteiger charge is -2.21. The first-order chi connectivity index (χ1) is 9.47. The molecule has 2 aromatic carbocycles. The molecule has 2 nitrogen and oxygen atoms in total. The van der Waals surface area contributed by atoms with E-state index in [4.69, 9.17) is 0 Å². The molecule has 0 heterocycles. The first kappa shape index (κ1) is 14.5. The van der Waals surface area contributed by atoms with Crippen molar-refractivity contribution in [2.24, 2.45) is 0 Å². The van der Waals surface area contributed by atoms with Crippen molar-refractivity contribution >= 4 is 0 Å². The number of rotatable bonds is 4. The van der Waals surface area contributed by atoms with Gasteiger partial charge in [0.05, 0.1) is 0 Å². The maximum absolute atomic E-state index is 13.8. The molecule has 20 heavy (non-hydrogen) atoms. The fourth-order valence-corrected chi connectivity index (χ4v) is 2.20. The molecule has 0 aliphatic rings. The van der Waals surface area contributed by atoms with Crippen molar-refractivity contribution in [2.45, 2.75) is 25.9 Å². The van der Waals surface area contributed by atoms with E-state index in [1.165, 1.54) is 18.2 Å². The summed E-state index contributed by atoms with van der Waals surface area (Å²) in [5.74, 6) is -0.854. The molecule has 0 radical (unpaired) electrons. The van der Waals surface area contributed by atoms with Crippen LogP contribution in [0.4, 0.5) is 8.78 Å². The maximum atomic E-state index is 13.8. The van der Waals surface area contributed by atoms with Gasteiger partial charge in [0.1, 0.15) is 17.4 Å². The monoisotopic (exact) mass is 277 g/mol. The number of benzene rings is 2. The topological polar surface area (TPSA) is 32.3 Å². The van der Waals surface area contributed by atoms with Gasteiger partial charge in [0, 0.05) is 23.7 Å². The van der Waals surface area contributed by atoms with E-state index >= 15 is 0 Å². The van der Waals surface area contributed by atoms with E-state index in [2.05, 4.69) is 5.32 Å². The number of nitrogens with one attached hydrogen (secondary N) is 1. The molecule has 0 aromatic heterocycles. The fourth-order valence-electron chi connectivity index (χ4n) is 2.20. The van der Waals surface area contributed by atoms with E-state index in [9.17, 15) is 13.9 Å². The molecule has 0 saturated heterocycles. The van der Waals surface area contributed by atoms with Crippen LogP contribution in [0.15, 0.2) is 42.5 Å². The lowest BCUT2D eigenvalue weighted by molar-refractivity contribution is 0.454. The molecule has 0 spiro atoms. The standard InChI is InChI=1S/C16H17F2NO/c1-10(12-4-3-5-13(17)8-12)19-11(2)15-7-6-14(20)9-16(15)18/h3-11,19-20H,1-2H3/t10-,11?/m0/s1. The van der Waals surface area contributed by atoms with Crippen molar-refractivity contribution in [1.82, 2.24) is 5.32 Å². The van der Waals surface area contributed by atoms with E-state index in [0.29, 0.717) is 5.56 Å². The van der Waals surface area contributed by atoms with E-state index in [1.54, 1.807) is 12.1 Å². The van der Waals surface area contributed by atoms with Gasteiger partial charge in [0.25, 0.3) is 0 Å². The highest BCUT2D eigenvalue weighted by Gasteiger charge is 2.15. The Balaban J connectivity index is 2.12. The van der Waals surface area contributed by atoms with Crippen LogP contribution in [-0.2, 0) is 0 Å². The van der Waals surface area contributed by atoms with Gasteiger partial charge in [-0.25, -0.2) is 8.78 Å². The van der Waals surface area contributed by atoms with Crippen LogP contribution in [-0.4, -0.2) is 5.11 Å². The van der Waals surface area contributed by atoms with Gasteiger partial charge < -0.3 is 10.4 Å². The number of phenolic OH excluding ortho intramolecular Hbond substituents is 1. The minimum Gasteiger partial charge on any atom is -0.508 e. The quantitative estimate of drug-likeness (QED) is 0.882. The van der Waals surface area contributed by atoms with Crippen molar-refractivity contribution in [3.8, 4) is 5.75 Å². The third-order valence-electron chi connectivity index (χ3n) is 3.30. The lowest BCUT2D eigenvalue weighted by atomic mass is 10.0. The highest BCUT2D eigenvalue weighted by atomic mass is 19.1. The number of phenols is 1. The summed E-state index contributed by atoms with van der Waals surface area (Å²) in [6.45, 7) is 3.72. The number of aromatic hydroxyl groups is 1. The van der Waals surface area contributed by atoms with Gasteiger partial charge in [-0.15, -0.1) is 0 Å². The zero-order valence-electron chi connectivity index (χ0n) is 11.4. The molecule has 1 unspecified atom stereocenters. The molecule has 0 saturated carbocycles. The smallest absolute Gasteiger partial charge is 0.131 e. The molecular formula is C16H17F2NO. The molecule has 0 aliphatic carbocycles. The van der Waals surface area contributed by atoms with Gasteiger partial charge in [0.15, 0.2) is 0 Å². The fraction of sp³-hybridized carbons (Fsp3) is 0.250. The largest absolute Gasteiger partial charge is 0.508 e. The zero-order chi connectivity index (χ0) is 14.7. The molecule has 2 aromatic rings. The Labute approximate surface area is 117 Å². The summed E-state index contributed by atoms with van der Waals surface area (Å²) < 4.78 is 26.9. The van der Waals surface area contributed by atoms with Gasteiger partial charge in [-0.1, -0.05) is 18.2 Å². The third kappa shape index (κ3) is 3.33. The van der Waals surface area contributed by atoms with Crippen LogP contribution >= 0.6 is 0 Å². The summed E-state index contributed by atoms with van der Waals surface area (Å²) in [6.07, 6.45) is 0. The summed E-state index contributed by atoms with van der Waals surface area (Å²) >= 11 is 0. The zero-order valence-corrected chi connectivity index (χ0v) is 11.4. The molecule has 0 amide bonds. The molecule has 0 fully saturated rings. The summed E-state index contributed by atoms with van der Waals surface area (Å²) in [5.41, 5.74) is 1.27. The predicted molar refractivity (Wildman–Crippen MR) is 74.4 cm³/mol. The average Bonchev–Trinajstić information content (AvgIpc) is 2.38. The Morgan fingerprint density at radius 2 is 1.75 bits per heavy atom. The Morgan fingerprint density at radius 1 is 1.00 bits per heavy atom. The summed E-state index contributed by atoms with van der Waals surface area (Å²) in [6, 6.07) is 10.0. The molecule has 2 rings (SSSR count). The van der Waals surface area contributed by atoms with Crippen LogP contribution in [0.5, 0.6) is 5.75 Å². The number of hydrogen-bond acceptors (Lipinski definition) is 2. The molecule has 106 valence electrons. The van der Waals surface area contributed by atoms with Gasteiger partial charge in [-0.3, -0.25) is 0 Å². The van der Waals surface area contributed by atoms with Crippen LogP contribution in [0.1, 0.15) is 37.1 Å². The minimum atomic E-state index is -0.462. The SMILES string of the molecule is CC(N[C@@H](C)c1cccc(F)c1)c1ccc(O)cc1F. The molecular weight excluding hydrogens is 260 g/mol. The second-order valence-electron chi connectivity index (χ2n) is 4.87. The van der Waals surface area contributed by atoms with Crippen molar-refractivity contribution in [2.75, 3.05) is 0 Å². The summed E-state index contributed by atoms with van der Waals surface area (Å²) in [7, 11) is 0. The normalized spacial score (nSPS) is 14.0. The van der Waals surface area contributed by atoms with E-state index in [-0.39, 0.29) is 23.7 Å². The van der Waals surface area contributed by atoms with Gasteiger partial charge in [-0.2, -0.15) is 0 Å². The third-order valence-corrected chi connectivity index (χ3v) is 3.30. The van der Waals surface area contributed by atoms with Crippen molar-refractivity contribution in [1.29, 1.82) is 0 Å². The molecule has 4 heteroatoms. The van der Waals surface area contributed by atoms with E-state index in [0.717, 1.165) is 11.6 Å². The van der Waals surface area contributed by atoms with Gasteiger partial charge >= 0.3 is 0 Å². The van der Waals surface area contributed by atoms with E-state index < -0.39 is 5.82 Å². The summed E-state index contributed by atoms with van der Waals surface area (Å²) in [5, 5.41) is 12.4. The lowest BCUT2D eigenvalue weighted by Crippen LogP contribution is -2.23. The van der Waals surface area contributed by atoms with Gasteiger partial charge in [0.2, 0.25) is 0 Å². The van der Waals surface area contributed by atoms with Crippen molar-refractivity contribution < 1.29 is 13.9 Å². The molecule has 0 bridgehead atoms. The van der Waals surface area contributed by atoms with Crippen LogP contribution in [0, 0.1) is 11.6 Å². The van der Waals surface area contributed by atoms with Crippen LogP contribution < -0.4 is 5.32 Å². The summed E-state index contributed by atoms with van der Waals surface area (Å²) in [4.78, 5) is 0. The Hall–Kier alpha value is -1.94. The van der Waals surface area contributed by atoms with Crippen LogP contribution in [0.2, 0.25) is 0 Å². The minimum absolute atomic E-state index is 0.100. The van der Waals surface area contributed by atoms with Crippen LogP contribution in [0.3, 0.4) is 0 Å². The first-order valence-corrected chi connectivity index (χ1v) is 6.47. The van der Waals surface area contributed by atoms with Gasteiger partial charge in [-0.05, 0) is 37.6 Å². The van der Waals surface area contributed by atoms with Crippen LogP contribution in [0.25, 0.3) is 0 Å². The average molecular weight is 277 g/mol. The number of hydrogen-bond donors (Lipinski definition) is 2. The van der Waals surface area contributed by atoms with Crippen molar-refractivity contribution in [3.05, 3.63) is 65.2 Å². The molecule has 2 N–H and O–H groups in total. The highest BCUT2D eigenvalue weighted by Crippen LogP contribution is 2.24. The Kier molecular flexibility index (Phi) is 4.35. The highest BCUT2D eigenvalue weighted by molar-refractivity contribution is 5.30. The number of halogens is 2. The maximum Gasteiger partial charge on any atom is 0.131 e. The molecule has 2 atom stereocenters.